The molecule has 2 aromatic carbocycles. The van der Waals surface area contributed by atoms with E-state index in [1.165, 1.54) is 24.4 Å². The van der Waals surface area contributed by atoms with Crippen LogP contribution in [0.5, 0.6) is 0 Å². The van der Waals surface area contributed by atoms with Gasteiger partial charge in [0.25, 0.3) is 0 Å². The van der Waals surface area contributed by atoms with Gasteiger partial charge >= 0.3 is 5.97 Å². The highest BCUT2D eigenvalue weighted by atomic mass is 19.1. The molecule has 0 bridgehead atoms. The highest BCUT2D eigenvalue weighted by molar-refractivity contribution is 5.89. The molecule has 1 aromatic heterocycles. The molecule has 1 aliphatic rings. The van der Waals surface area contributed by atoms with Crippen molar-refractivity contribution in [2.45, 2.75) is 25.4 Å². The average molecular weight is 394 g/mol. The highest BCUT2D eigenvalue weighted by Gasteiger charge is 2.28. The summed E-state index contributed by atoms with van der Waals surface area (Å²) in [4.78, 5) is 17.7. The van der Waals surface area contributed by atoms with E-state index in [0.29, 0.717) is 17.5 Å². The predicted molar refractivity (Wildman–Crippen MR) is 106 cm³/mol. The van der Waals surface area contributed by atoms with Crippen molar-refractivity contribution in [2.24, 2.45) is 0 Å². The molecule has 0 saturated heterocycles. The van der Waals surface area contributed by atoms with E-state index in [-0.39, 0.29) is 11.6 Å². The van der Waals surface area contributed by atoms with Crippen LogP contribution in [-0.4, -0.2) is 28.0 Å². The number of rotatable bonds is 5. The third-order valence-electron chi connectivity index (χ3n) is 5.52. The first-order chi connectivity index (χ1) is 13.9. The first kappa shape index (κ1) is 19.2. The molecule has 4 nitrogen and oxygen atoms in total. The number of aromatic nitrogens is 1. The second-order valence-electron chi connectivity index (χ2n) is 7.35. The lowest BCUT2D eigenvalue weighted by molar-refractivity contribution is 0.0695. The number of halogens is 2. The topological polar surface area (TPSA) is 53.4 Å². The van der Waals surface area contributed by atoms with Crippen LogP contribution in [0.1, 0.15) is 39.5 Å². The summed E-state index contributed by atoms with van der Waals surface area (Å²) in [5.74, 6) is -2.12. The highest BCUT2D eigenvalue weighted by Crippen LogP contribution is 2.38. The Labute approximate surface area is 167 Å². The van der Waals surface area contributed by atoms with Gasteiger partial charge in [0.15, 0.2) is 0 Å². The molecule has 0 aliphatic carbocycles. The number of aryl methyl sites for hydroxylation is 1. The number of fused-ring (bicyclic) bond motifs is 1. The van der Waals surface area contributed by atoms with Crippen molar-refractivity contribution in [1.29, 1.82) is 0 Å². The van der Waals surface area contributed by atoms with Crippen LogP contribution >= 0.6 is 0 Å². The summed E-state index contributed by atoms with van der Waals surface area (Å²) in [6, 6.07) is 11.1. The van der Waals surface area contributed by atoms with E-state index in [2.05, 4.69) is 9.88 Å². The minimum absolute atomic E-state index is 0.138. The van der Waals surface area contributed by atoms with Crippen molar-refractivity contribution in [1.82, 2.24) is 9.88 Å². The second kappa shape index (κ2) is 7.72. The standard InChI is InChI=1S/C23H20F2N2O2/c1-27-13-16-10-14(18-6-4-17(24)11-21(18)25)2-5-19(16)22(27)7-3-15-12-26-9-8-20(15)23(28)29/h2,4-6,8-12,22H,3,7,13H2,1H3,(H,28,29)/t22-/m1/s1. The Hall–Kier alpha value is -3.12. The summed E-state index contributed by atoms with van der Waals surface area (Å²) in [5, 5.41) is 9.35. The lowest BCUT2D eigenvalue weighted by Crippen LogP contribution is -2.17. The Kier molecular flexibility index (Phi) is 5.11. The SMILES string of the molecule is CN1Cc2cc(-c3ccc(F)cc3F)ccc2[C@H]1CCc1cnccc1C(=O)O. The van der Waals surface area contributed by atoms with Crippen LogP contribution in [0, 0.1) is 11.6 Å². The number of hydrogen-bond donors (Lipinski definition) is 1. The number of nitrogens with zero attached hydrogens (tertiary/aromatic N) is 2. The Morgan fingerprint density at radius 3 is 2.79 bits per heavy atom. The molecule has 0 fully saturated rings. The van der Waals surface area contributed by atoms with Crippen LogP contribution < -0.4 is 0 Å². The third-order valence-corrected chi connectivity index (χ3v) is 5.52. The maximum absolute atomic E-state index is 14.1. The minimum Gasteiger partial charge on any atom is -0.478 e. The first-order valence-electron chi connectivity index (χ1n) is 9.38. The quantitative estimate of drug-likeness (QED) is 0.673. The van der Waals surface area contributed by atoms with Gasteiger partial charge in [-0.05, 0) is 66.4 Å². The van der Waals surface area contributed by atoms with Crippen LogP contribution in [-0.2, 0) is 13.0 Å². The molecule has 3 aromatic rings. The fourth-order valence-corrected chi connectivity index (χ4v) is 4.08. The summed E-state index contributed by atoms with van der Waals surface area (Å²) >= 11 is 0. The molecular weight excluding hydrogens is 374 g/mol. The van der Waals surface area contributed by atoms with Gasteiger partial charge in [-0.1, -0.05) is 12.1 Å². The molecule has 1 N–H and O–H groups in total. The van der Waals surface area contributed by atoms with E-state index in [0.717, 1.165) is 35.7 Å². The molecule has 1 atom stereocenters. The zero-order valence-electron chi connectivity index (χ0n) is 15.9. The molecule has 6 heteroatoms. The molecule has 1 aliphatic heterocycles. The zero-order valence-corrected chi connectivity index (χ0v) is 15.9. The largest absolute Gasteiger partial charge is 0.478 e. The summed E-state index contributed by atoms with van der Waals surface area (Å²) < 4.78 is 27.3. The Morgan fingerprint density at radius 1 is 1.21 bits per heavy atom. The number of carbonyl (C=O) groups is 1. The first-order valence-corrected chi connectivity index (χ1v) is 9.38. The van der Waals surface area contributed by atoms with Gasteiger partial charge in [-0.3, -0.25) is 9.88 Å². The fourth-order valence-electron chi connectivity index (χ4n) is 4.08. The van der Waals surface area contributed by atoms with E-state index in [4.69, 9.17) is 0 Å². The number of pyridine rings is 1. The number of aromatic carboxylic acids is 1. The van der Waals surface area contributed by atoms with Crippen LogP contribution in [0.2, 0.25) is 0 Å². The van der Waals surface area contributed by atoms with Gasteiger partial charge in [-0.15, -0.1) is 0 Å². The maximum atomic E-state index is 14.1. The van der Waals surface area contributed by atoms with Crippen molar-refractivity contribution < 1.29 is 18.7 Å². The van der Waals surface area contributed by atoms with Crippen LogP contribution in [0.25, 0.3) is 11.1 Å². The van der Waals surface area contributed by atoms with Gasteiger partial charge in [0.1, 0.15) is 11.6 Å². The van der Waals surface area contributed by atoms with E-state index >= 15 is 0 Å². The van der Waals surface area contributed by atoms with Crippen molar-refractivity contribution in [2.75, 3.05) is 7.05 Å². The smallest absolute Gasteiger partial charge is 0.336 e. The van der Waals surface area contributed by atoms with Gasteiger partial charge in [0, 0.05) is 36.6 Å². The third kappa shape index (κ3) is 3.76. The van der Waals surface area contributed by atoms with Gasteiger partial charge in [0.05, 0.1) is 5.56 Å². The second-order valence-corrected chi connectivity index (χ2v) is 7.35. The monoisotopic (exact) mass is 394 g/mol. The maximum Gasteiger partial charge on any atom is 0.336 e. The predicted octanol–water partition coefficient (Wildman–Crippen LogP) is 4.84. The summed E-state index contributed by atoms with van der Waals surface area (Å²) in [5.41, 5.74) is 4.34. The summed E-state index contributed by atoms with van der Waals surface area (Å²) in [7, 11) is 2.02. The van der Waals surface area contributed by atoms with Crippen molar-refractivity contribution in [3.8, 4) is 11.1 Å². The molecule has 2 heterocycles. The molecule has 4 rings (SSSR count). The molecule has 0 unspecified atom stereocenters. The molecular formula is C23H20F2N2O2. The van der Waals surface area contributed by atoms with Crippen LogP contribution in [0.15, 0.2) is 54.9 Å². The molecule has 29 heavy (non-hydrogen) atoms. The van der Waals surface area contributed by atoms with Crippen LogP contribution in [0.4, 0.5) is 8.78 Å². The number of hydrogen-bond acceptors (Lipinski definition) is 3. The van der Waals surface area contributed by atoms with Gasteiger partial charge in [0.2, 0.25) is 0 Å². The molecule has 0 radical (unpaired) electrons. The van der Waals surface area contributed by atoms with E-state index in [9.17, 15) is 18.7 Å². The Bertz CT molecular complexity index is 1080. The fraction of sp³-hybridized carbons (Fsp3) is 0.217. The molecule has 0 spiro atoms. The number of carboxylic acid groups (broad SMARTS) is 1. The van der Waals surface area contributed by atoms with Crippen molar-refractivity contribution in [3.05, 3.63) is 88.7 Å². The van der Waals surface area contributed by atoms with Gasteiger partial charge < -0.3 is 5.11 Å². The van der Waals surface area contributed by atoms with Crippen molar-refractivity contribution in [3.63, 3.8) is 0 Å². The Balaban J connectivity index is 1.58. The van der Waals surface area contributed by atoms with E-state index in [1.54, 1.807) is 6.20 Å². The minimum atomic E-state index is -0.950. The zero-order chi connectivity index (χ0) is 20.5. The lowest BCUT2D eigenvalue weighted by Gasteiger charge is -2.20. The number of benzene rings is 2. The Morgan fingerprint density at radius 2 is 2.03 bits per heavy atom. The molecule has 0 saturated carbocycles. The molecule has 148 valence electrons. The summed E-state index contributed by atoms with van der Waals surface area (Å²) in [6.45, 7) is 0.718. The average Bonchev–Trinajstić information content (AvgIpc) is 3.00. The summed E-state index contributed by atoms with van der Waals surface area (Å²) in [6.07, 6.45) is 4.44. The van der Waals surface area contributed by atoms with Crippen LogP contribution in [0.3, 0.4) is 0 Å². The normalized spacial score (nSPS) is 16.0. The van der Waals surface area contributed by atoms with E-state index in [1.807, 2.05) is 25.2 Å². The lowest BCUT2D eigenvalue weighted by atomic mass is 9.94. The number of carboxylic acids is 1. The van der Waals surface area contributed by atoms with Crippen molar-refractivity contribution >= 4 is 5.97 Å². The molecule has 0 amide bonds. The van der Waals surface area contributed by atoms with Gasteiger partial charge in [-0.2, -0.15) is 0 Å². The van der Waals surface area contributed by atoms with Gasteiger partial charge in [-0.25, -0.2) is 13.6 Å². The van der Waals surface area contributed by atoms with E-state index < -0.39 is 17.6 Å².